The quantitative estimate of drug-likeness (QED) is 0.728. The fourth-order valence-electron chi connectivity index (χ4n) is 3.42. The standard InChI is InChI=1S/C14H12N2O.C8H9N/c17-14(12-6-3-4-9-15-12)16-10-8-11-5-1-2-7-13(11)16;1-2-4-8-7(3-1)5-6-9-8/h1-7,9H,8,10H2;1-4,9H,5-6H2. The summed E-state index contributed by atoms with van der Waals surface area (Å²) in [5.74, 6) is -0.0180. The summed E-state index contributed by atoms with van der Waals surface area (Å²) in [7, 11) is 0. The molecule has 130 valence electrons. The topological polar surface area (TPSA) is 45.2 Å². The lowest BCUT2D eigenvalue weighted by molar-refractivity contribution is 0.0984. The molecule has 3 heterocycles. The summed E-state index contributed by atoms with van der Waals surface area (Å²) in [5, 5.41) is 3.30. The van der Waals surface area contributed by atoms with Crippen molar-refractivity contribution >= 4 is 17.3 Å². The van der Waals surface area contributed by atoms with Gasteiger partial charge >= 0.3 is 0 Å². The van der Waals surface area contributed by atoms with Crippen LogP contribution in [0.4, 0.5) is 11.4 Å². The van der Waals surface area contributed by atoms with Gasteiger partial charge in [-0.2, -0.15) is 0 Å². The zero-order valence-corrected chi connectivity index (χ0v) is 14.6. The Morgan fingerprint density at radius 3 is 2.46 bits per heavy atom. The van der Waals surface area contributed by atoms with E-state index in [1.807, 2.05) is 30.3 Å². The maximum absolute atomic E-state index is 12.3. The molecule has 0 saturated carbocycles. The normalized spacial score (nSPS) is 13.9. The third-order valence-electron chi connectivity index (χ3n) is 4.74. The highest BCUT2D eigenvalue weighted by molar-refractivity contribution is 6.05. The molecule has 1 aromatic heterocycles. The zero-order chi connectivity index (χ0) is 17.8. The van der Waals surface area contributed by atoms with Crippen LogP contribution in [0.1, 0.15) is 21.6 Å². The summed E-state index contributed by atoms with van der Waals surface area (Å²) in [6, 6.07) is 21.9. The Hall–Kier alpha value is -3.14. The Bertz CT molecular complexity index is 885. The van der Waals surface area contributed by atoms with E-state index in [4.69, 9.17) is 0 Å². The second-order valence-electron chi connectivity index (χ2n) is 6.38. The third-order valence-corrected chi connectivity index (χ3v) is 4.74. The molecule has 0 fully saturated rings. The lowest BCUT2D eigenvalue weighted by atomic mass is 10.2. The molecule has 0 spiro atoms. The van der Waals surface area contributed by atoms with E-state index in [1.165, 1.54) is 23.2 Å². The molecule has 0 aliphatic carbocycles. The number of para-hydroxylation sites is 2. The van der Waals surface area contributed by atoms with E-state index in [0.29, 0.717) is 5.69 Å². The lowest BCUT2D eigenvalue weighted by Gasteiger charge is -2.16. The number of amides is 1. The van der Waals surface area contributed by atoms with E-state index in [0.717, 1.165) is 25.2 Å². The second kappa shape index (κ2) is 7.40. The lowest BCUT2D eigenvalue weighted by Crippen LogP contribution is -2.29. The number of anilines is 2. The molecule has 0 atom stereocenters. The van der Waals surface area contributed by atoms with Crippen LogP contribution in [0.5, 0.6) is 0 Å². The first kappa shape index (κ1) is 16.3. The average molecular weight is 343 g/mol. The first-order valence-corrected chi connectivity index (χ1v) is 8.95. The highest BCUT2D eigenvalue weighted by Gasteiger charge is 2.25. The van der Waals surface area contributed by atoms with Crippen molar-refractivity contribution in [3.63, 3.8) is 0 Å². The third kappa shape index (κ3) is 3.31. The fraction of sp³-hybridized carbons (Fsp3) is 0.182. The van der Waals surface area contributed by atoms with E-state index < -0.39 is 0 Å². The van der Waals surface area contributed by atoms with Crippen LogP contribution in [0, 0.1) is 0 Å². The molecule has 0 bridgehead atoms. The molecule has 26 heavy (non-hydrogen) atoms. The van der Waals surface area contributed by atoms with Gasteiger partial charge in [-0.25, -0.2) is 0 Å². The molecular formula is C22H21N3O. The predicted octanol–water partition coefficient (Wildman–Crippen LogP) is 3.94. The van der Waals surface area contributed by atoms with E-state index in [9.17, 15) is 4.79 Å². The number of carbonyl (C=O) groups is 1. The summed E-state index contributed by atoms with van der Waals surface area (Å²) < 4.78 is 0. The number of pyridine rings is 1. The highest BCUT2D eigenvalue weighted by atomic mass is 16.2. The first-order chi connectivity index (χ1) is 12.8. The molecular weight excluding hydrogens is 322 g/mol. The van der Waals surface area contributed by atoms with Crippen molar-refractivity contribution in [2.24, 2.45) is 0 Å². The number of fused-ring (bicyclic) bond motifs is 2. The van der Waals surface area contributed by atoms with Gasteiger partial charge in [-0.3, -0.25) is 9.78 Å². The molecule has 1 amide bonds. The smallest absolute Gasteiger partial charge is 0.276 e. The first-order valence-electron chi connectivity index (χ1n) is 8.95. The van der Waals surface area contributed by atoms with Crippen molar-refractivity contribution in [2.75, 3.05) is 23.3 Å². The molecule has 0 radical (unpaired) electrons. The zero-order valence-electron chi connectivity index (χ0n) is 14.6. The van der Waals surface area contributed by atoms with Crippen molar-refractivity contribution in [1.82, 2.24) is 4.98 Å². The molecule has 3 aromatic rings. The van der Waals surface area contributed by atoms with Gasteiger partial charge in [0, 0.05) is 30.7 Å². The molecule has 2 aromatic carbocycles. The van der Waals surface area contributed by atoms with Crippen LogP contribution in [-0.2, 0) is 12.8 Å². The minimum absolute atomic E-state index is 0.0180. The molecule has 4 heteroatoms. The maximum Gasteiger partial charge on any atom is 0.276 e. The van der Waals surface area contributed by atoms with Gasteiger partial charge in [0.25, 0.3) is 5.91 Å². The van der Waals surface area contributed by atoms with Crippen LogP contribution >= 0.6 is 0 Å². The largest absolute Gasteiger partial charge is 0.384 e. The summed E-state index contributed by atoms with van der Waals surface area (Å²) in [4.78, 5) is 18.2. The number of benzene rings is 2. The molecule has 0 saturated heterocycles. The molecule has 5 rings (SSSR count). The Kier molecular flexibility index (Phi) is 4.65. The van der Waals surface area contributed by atoms with Crippen LogP contribution < -0.4 is 10.2 Å². The van der Waals surface area contributed by atoms with E-state index in [1.54, 1.807) is 17.2 Å². The predicted molar refractivity (Wildman–Crippen MR) is 105 cm³/mol. The summed E-state index contributed by atoms with van der Waals surface area (Å²) in [6.45, 7) is 1.86. The second-order valence-corrected chi connectivity index (χ2v) is 6.38. The van der Waals surface area contributed by atoms with Crippen molar-refractivity contribution in [1.29, 1.82) is 0 Å². The minimum atomic E-state index is -0.0180. The fourth-order valence-corrected chi connectivity index (χ4v) is 3.42. The highest BCUT2D eigenvalue weighted by Crippen LogP contribution is 2.28. The molecule has 1 N–H and O–H groups in total. The van der Waals surface area contributed by atoms with Crippen LogP contribution in [0.15, 0.2) is 72.9 Å². The number of nitrogens with one attached hydrogen (secondary N) is 1. The molecule has 4 nitrogen and oxygen atoms in total. The van der Waals surface area contributed by atoms with Crippen molar-refractivity contribution in [2.45, 2.75) is 12.8 Å². The average Bonchev–Trinajstić information content (AvgIpc) is 3.35. The summed E-state index contributed by atoms with van der Waals surface area (Å²) >= 11 is 0. The minimum Gasteiger partial charge on any atom is -0.384 e. The summed E-state index contributed by atoms with van der Waals surface area (Å²) in [5.41, 5.74) is 5.53. The van der Waals surface area contributed by atoms with Gasteiger partial charge in [0.05, 0.1) is 0 Å². The van der Waals surface area contributed by atoms with Crippen LogP contribution in [0.25, 0.3) is 0 Å². The molecule has 2 aliphatic heterocycles. The number of hydrogen-bond donors (Lipinski definition) is 1. The Labute approximate surface area is 153 Å². The van der Waals surface area contributed by atoms with E-state index in [-0.39, 0.29) is 5.91 Å². The molecule has 2 aliphatic rings. The maximum atomic E-state index is 12.3. The number of aromatic nitrogens is 1. The van der Waals surface area contributed by atoms with Crippen LogP contribution in [0.3, 0.4) is 0 Å². The SMILES string of the molecule is O=C(c1ccccn1)N1CCc2ccccc21.c1ccc2c(c1)CCN2. The van der Waals surface area contributed by atoms with Crippen molar-refractivity contribution in [3.8, 4) is 0 Å². The number of carbonyl (C=O) groups excluding carboxylic acids is 1. The summed E-state index contributed by atoms with van der Waals surface area (Å²) in [6.07, 6.45) is 3.76. The number of rotatable bonds is 1. The van der Waals surface area contributed by atoms with Crippen molar-refractivity contribution in [3.05, 3.63) is 89.7 Å². The molecule has 0 unspecified atom stereocenters. The van der Waals surface area contributed by atoms with Gasteiger partial charge in [0.2, 0.25) is 0 Å². The van der Waals surface area contributed by atoms with Crippen molar-refractivity contribution < 1.29 is 4.79 Å². The Balaban J connectivity index is 0.000000157. The van der Waals surface area contributed by atoms with Gasteiger partial charge in [-0.1, -0.05) is 42.5 Å². The monoisotopic (exact) mass is 343 g/mol. The van der Waals surface area contributed by atoms with Gasteiger partial charge < -0.3 is 10.2 Å². The van der Waals surface area contributed by atoms with Gasteiger partial charge in [-0.15, -0.1) is 0 Å². The van der Waals surface area contributed by atoms with E-state index in [2.05, 4.69) is 40.6 Å². The number of nitrogens with zero attached hydrogens (tertiary/aromatic N) is 2. The van der Waals surface area contributed by atoms with E-state index >= 15 is 0 Å². The van der Waals surface area contributed by atoms with Gasteiger partial charge in [0.1, 0.15) is 5.69 Å². The van der Waals surface area contributed by atoms with Gasteiger partial charge in [0.15, 0.2) is 0 Å². The van der Waals surface area contributed by atoms with Crippen LogP contribution in [-0.4, -0.2) is 24.0 Å². The van der Waals surface area contributed by atoms with Gasteiger partial charge in [-0.05, 0) is 48.2 Å². The Morgan fingerprint density at radius 1 is 0.885 bits per heavy atom. The Morgan fingerprint density at radius 2 is 1.65 bits per heavy atom. The number of hydrogen-bond acceptors (Lipinski definition) is 3. The van der Waals surface area contributed by atoms with Crippen LogP contribution in [0.2, 0.25) is 0 Å².